The summed E-state index contributed by atoms with van der Waals surface area (Å²) < 4.78 is 10.8. The Morgan fingerprint density at radius 1 is 1.06 bits per heavy atom. The summed E-state index contributed by atoms with van der Waals surface area (Å²) in [7, 11) is 1.04. The fourth-order valence-corrected chi connectivity index (χ4v) is 6.52. The van der Waals surface area contributed by atoms with Crippen LogP contribution < -0.4 is 14.7 Å². The molecule has 2 rings (SSSR count). The lowest BCUT2D eigenvalue weighted by molar-refractivity contribution is -0.197. The van der Waals surface area contributed by atoms with Crippen LogP contribution in [-0.4, -0.2) is 68.2 Å². The number of benzene rings is 1. The van der Waals surface area contributed by atoms with Crippen LogP contribution in [0.15, 0.2) is 18.2 Å². The number of carbonyl (C=O) groups is 4. The van der Waals surface area contributed by atoms with Gasteiger partial charge in [0.25, 0.3) is 11.8 Å². The maximum Gasteiger partial charge on any atom is 0.333 e. The molecule has 0 N–H and O–H groups in total. The third-order valence-electron chi connectivity index (χ3n) is 5.39. The van der Waals surface area contributed by atoms with E-state index in [0.717, 1.165) is 10.9 Å². The number of carbonyl (C=O) groups excluding carboxylic acids is 4. The van der Waals surface area contributed by atoms with Crippen LogP contribution in [0.25, 0.3) is 0 Å². The quantitative estimate of drug-likeness (QED) is 0.384. The lowest BCUT2D eigenvalue weighted by Gasteiger charge is -2.35. The maximum absolute atomic E-state index is 13.0. The zero-order valence-electron chi connectivity index (χ0n) is 19.6. The van der Waals surface area contributed by atoms with Crippen LogP contribution in [0.4, 0.5) is 0 Å². The summed E-state index contributed by atoms with van der Waals surface area (Å²) in [5.41, 5.74) is 0. The smallest absolute Gasteiger partial charge is 0.333 e. The number of hydrogen-bond donors (Lipinski definition) is 0. The van der Waals surface area contributed by atoms with Crippen LogP contribution >= 0.6 is 0 Å². The van der Waals surface area contributed by atoms with Crippen molar-refractivity contribution in [2.75, 3.05) is 20.4 Å². The second-order valence-electron chi connectivity index (χ2n) is 8.61. The molecule has 176 valence electrons. The van der Waals surface area contributed by atoms with E-state index in [1.807, 2.05) is 32.0 Å². The molecule has 1 aromatic rings. The Morgan fingerprint density at radius 3 is 2.22 bits per heavy atom. The van der Waals surface area contributed by atoms with Crippen LogP contribution in [0.1, 0.15) is 39.5 Å². The summed E-state index contributed by atoms with van der Waals surface area (Å²) in [4.78, 5) is 54.8. The molecule has 0 radical (unpaired) electrons. The van der Waals surface area contributed by atoms with E-state index in [1.165, 1.54) is 0 Å². The van der Waals surface area contributed by atoms with E-state index in [-0.39, 0.29) is 37.6 Å². The molecule has 0 spiro atoms. The molecular formula is C22H32N2O7Si. The van der Waals surface area contributed by atoms with Gasteiger partial charge in [-0.1, -0.05) is 19.2 Å². The number of ether oxygens (including phenoxy) is 2. The second kappa shape index (κ2) is 10.6. The minimum absolute atomic E-state index is 0.0285. The third kappa shape index (κ3) is 6.09. The average Bonchev–Trinajstić information content (AvgIpc) is 3.07. The largest absolute Gasteiger partial charge is 0.497 e. The Balaban J connectivity index is 2.06. The van der Waals surface area contributed by atoms with Gasteiger partial charge in [0.05, 0.1) is 20.6 Å². The normalized spacial score (nSPS) is 14.0. The molecule has 3 amide bonds. The van der Waals surface area contributed by atoms with Gasteiger partial charge in [-0.25, -0.2) is 4.79 Å². The number of imide groups is 1. The van der Waals surface area contributed by atoms with Crippen LogP contribution in [0.5, 0.6) is 11.5 Å². The van der Waals surface area contributed by atoms with Crippen molar-refractivity contribution < 1.29 is 33.5 Å². The van der Waals surface area contributed by atoms with Gasteiger partial charge in [-0.3, -0.25) is 14.4 Å². The molecule has 1 saturated heterocycles. The Bertz CT molecular complexity index is 869. The van der Waals surface area contributed by atoms with Crippen LogP contribution in [-0.2, 0) is 24.0 Å². The first-order chi connectivity index (χ1) is 15.0. The van der Waals surface area contributed by atoms with Gasteiger partial charge in [0, 0.05) is 37.5 Å². The predicted molar refractivity (Wildman–Crippen MR) is 120 cm³/mol. The highest BCUT2D eigenvalue weighted by Gasteiger charge is 2.34. The first kappa shape index (κ1) is 25.4. The number of methoxy groups -OCH3 is 2. The van der Waals surface area contributed by atoms with Gasteiger partial charge in [-0.2, -0.15) is 0 Å². The highest BCUT2D eigenvalue weighted by atomic mass is 28.3. The SMILES string of the molecule is COc1ccc([Si](C)(C)CN(C(=O)CCC(=O)ON2C(=O)CCC2=O)C(C)C)c(OC)c1. The summed E-state index contributed by atoms with van der Waals surface area (Å²) in [6, 6.07) is 5.62. The van der Waals surface area contributed by atoms with Gasteiger partial charge in [-0.15, -0.1) is 5.06 Å². The summed E-state index contributed by atoms with van der Waals surface area (Å²) in [6.45, 7) is 8.15. The lowest BCUT2D eigenvalue weighted by Crippen LogP contribution is -2.55. The van der Waals surface area contributed by atoms with E-state index in [9.17, 15) is 19.2 Å². The van der Waals surface area contributed by atoms with Crippen molar-refractivity contribution in [2.45, 2.75) is 58.7 Å². The van der Waals surface area contributed by atoms with E-state index in [4.69, 9.17) is 14.3 Å². The Morgan fingerprint density at radius 2 is 1.69 bits per heavy atom. The highest BCUT2D eigenvalue weighted by molar-refractivity contribution is 6.90. The molecule has 10 heteroatoms. The molecule has 9 nitrogen and oxygen atoms in total. The molecule has 1 aromatic carbocycles. The van der Waals surface area contributed by atoms with Gasteiger partial charge in [0.2, 0.25) is 5.91 Å². The summed E-state index contributed by atoms with van der Waals surface area (Å²) in [6.07, 6.45) is 0.302. The highest BCUT2D eigenvalue weighted by Crippen LogP contribution is 2.22. The minimum Gasteiger partial charge on any atom is -0.497 e. The predicted octanol–water partition coefficient (Wildman–Crippen LogP) is 1.78. The molecule has 0 atom stereocenters. The van der Waals surface area contributed by atoms with E-state index >= 15 is 0 Å². The summed E-state index contributed by atoms with van der Waals surface area (Å²) in [5, 5.41) is 1.56. The van der Waals surface area contributed by atoms with Crippen molar-refractivity contribution in [3.05, 3.63) is 18.2 Å². The zero-order valence-corrected chi connectivity index (χ0v) is 20.6. The standard InChI is InChI=1S/C22H32N2O7Si/c1-15(2)23(14-32(5,6)18-8-7-16(29-3)13-17(18)30-4)19(25)11-12-22(28)31-24-20(26)9-10-21(24)27/h7-8,13,15H,9-12,14H2,1-6H3. The Hall–Kier alpha value is -2.88. The molecule has 0 aliphatic carbocycles. The molecule has 0 saturated carbocycles. The van der Waals surface area contributed by atoms with Crippen LogP contribution in [0.3, 0.4) is 0 Å². The van der Waals surface area contributed by atoms with E-state index in [0.29, 0.717) is 17.0 Å². The molecule has 1 fully saturated rings. The van der Waals surface area contributed by atoms with Crippen LogP contribution in [0, 0.1) is 0 Å². The number of amides is 3. The van der Waals surface area contributed by atoms with Gasteiger partial charge in [0.15, 0.2) is 0 Å². The zero-order chi connectivity index (χ0) is 24.1. The van der Waals surface area contributed by atoms with E-state index in [2.05, 4.69) is 13.1 Å². The molecule has 1 heterocycles. The fourth-order valence-electron chi connectivity index (χ4n) is 3.59. The third-order valence-corrected chi connectivity index (χ3v) is 8.39. The van der Waals surface area contributed by atoms with Gasteiger partial charge >= 0.3 is 5.97 Å². The van der Waals surface area contributed by atoms with Crippen LogP contribution in [0.2, 0.25) is 13.1 Å². The average molecular weight is 465 g/mol. The maximum atomic E-state index is 13.0. The number of nitrogens with zero attached hydrogens (tertiary/aromatic N) is 2. The van der Waals surface area contributed by atoms with E-state index in [1.54, 1.807) is 19.1 Å². The van der Waals surface area contributed by atoms with Crippen molar-refractivity contribution in [2.24, 2.45) is 0 Å². The Labute approximate surface area is 189 Å². The van der Waals surface area contributed by atoms with Gasteiger partial charge < -0.3 is 19.2 Å². The van der Waals surface area contributed by atoms with Crippen molar-refractivity contribution in [1.29, 1.82) is 0 Å². The fraction of sp³-hybridized carbons (Fsp3) is 0.545. The van der Waals surface area contributed by atoms with Crippen molar-refractivity contribution >= 4 is 37.0 Å². The first-order valence-electron chi connectivity index (χ1n) is 10.6. The molecule has 0 bridgehead atoms. The summed E-state index contributed by atoms with van der Waals surface area (Å²) in [5.74, 6) is -0.635. The van der Waals surface area contributed by atoms with Gasteiger partial charge in [0.1, 0.15) is 19.6 Å². The second-order valence-corrected chi connectivity index (χ2v) is 13.2. The van der Waals surface area contributed by atoms with Gasteiger partial charge in [-0.05, 0) is 25.1 Å². The molecule has 1 aliphatic heterocycles. The molecule has 32 heavy (non-hydrogen) atoms. The lowest BCUT2D eigenvalue weighted by atomic mass is 10.2. The summed E-state index contributed by atoms with van der Waals surface area (Å²) >= 11 is 0. The Kier molecular flexibility index (Phi) is 8.42. The number of rotatable bonds is 10. The monoisotopic (exact) mass is 464 g/mol. The minimum atomic E-state index is -2.16. The molecule has 1 aliphatic rings. The number of hydrogen-bond acceptors (Lipinski definition) is 7. The first-order valence-corrected chi connectivity index (χ1v) is 13.8. The molecule has 0 aromatic heterocycles. The van der Waals surface area contributed by atoms with Crippen molar-refractivity contribution in [1.82, 2.24) is 9.96 Å². The molecular weight excluding hydrogens is 432 g/mol. The van der Waals surface area contributed by atoms with Crippen molar-refractivity contribution in [3.63, 3.8) is 0 Å². The van der Waals surface area contributed by atoms with Crippen molar-refractivity contribution in [3.8, 4) is 11.5 Å². The topological polar surface area (TPSA) is 102 Å². The van der Waals surface area contributed by atoms with E-state index < -0.39 is 25.9 Å². The molecule has 0 unspecified atom stereocenters. The number of hydroxylamine groups is 2.